The summed E-state index contributed by atoms with van der Waals surface area (Å²) >= 11 is 0. The van der Waals surface area contributed by atoms with Crippen molar-refractivity contribution >= 4 is 0 Å². The van der Waals surface area contributed by atoms with Gasteiger partial charge in [-0.05, 0) is 32.8 Å². The largest absolute Gasteiger partial charge is 0.374 e. The van der Waals surface area contributed by atoms with Gasteiger partial charge in [-0.25, -0.2) is 0 Å². The Hall–Kier alpha value is -1.16. The van der Waals surface area contributed by atoms with E-state index in [-0.39, 0.29) is 11.5 Å². The number of hydrogen-bond acceptors (Lipinski definition) is 3. The molecule has 2 atom stereocenters. The van der Waals surface area contributed by atoms with Crippen LogP contribution in [0.4, 0.5) is 0 Å². The highest BCUT2D eigenvalue weighted by molar-refractivity contribution is 5.29. The van der Waals surface area contributed by atoms with Crippen molar-refractivity contribution in [3.05, 3.63) is 47.5 Å². The van der Waals surface area contributed by atoms with E-state index in [2.05, 4.69) is 39.0 Å². The van der Waals surface area contributed by atoms with Crippen molar-refractivity contribution in [3.63, 3.8) is 0 Å². The summed E-state index contributed by atoms with van der Waals surface area (Å²) in [6, 6.07) is 10.2. The van der Waals surface area contributed by atoms with E-state index in [0.29, 0.717) is 13.2 Å². The smallest absolute Gasteiger partial charge is 0.164 e. The zero-order valence-electron chi connectivity index (χ0n) is 14.9. The monoisotopic (exact) mass is 316 g/mol. The van der Waals surface area contributed by atoms with E-state index in [1.807, 2.05) is 32.0 Å². The fourth-order valence-electron chi connectivity index (χ4n) is 4.09. The number of benzene rings is 1. The van der Waals surface area contributed by atoms with E-state index in [4.69, 9.17) is 14.2 Å². The first-order chi connectivity index (χ1) is 10.7. The highest BCUT2D eigenvalue weighted by Gasteiger charge is 2.61. The average Bonchev–Trinajstić information content (AvgIpc) is 2.83. The van der Waals surface area contributed by atoms with Crippen LogP contribution in [0.15, 0.2) is 42.0 Å². The van der Waals surface area contributed by atoms with E-state index >= 15 is 0 Å². The van der Waals surface area contributed by atoms with Crippen LogP contribution < -0.4 is 0 Å². The highest BCUT2D eigenvalue weighted by atomic mass is 16.8. The van der Waals surface area contributed by atoms with E-state index < -0.39 is 11.4 Å². The number of ether oxygens (including phenoxy) is 3. The van der Waals surface area contributed by atoms with Crippen LogP contribution in [-0.4, -0.2) is 24.1 Å². The minimum Gasteiger partial charge on any atom is -0.374 e. The molecule has 0 unspecified atom stereocenters. The molecule has 0 bridgehead atoms. The molecule has 1 aliphatic heterocycles. The Morgan fingerprint density at radius 1 is 1.13 bits per heavy atom. The second-order valence-corrected chi connectivity index (χ2v) is 7.95. The molecule has 1 saturated heterocycles. The SMILES string of the molecule is CC1=C[C@]2(OC(C)(C)O[C@H]2COCc2ccccc2)C(C)(C)C1. The van der Waals surface area contributed by atoms with Gasteiger partial charge in [0.1, 0.15) is 11.7 Å². The normalized spacial score (nSPS) is 31.5. The lowest BCUT2D eigenvalue weighted by Crippen LogP contribution is -2.50. The van der Waals surface area contributed by atoms with Gasteiger partial charge in [0.05, 0.1) is 13.2 Å². The Labute approximate surface area is 139 Å². The molecule has 3 nitrogen and oxygen atoms in total. The average molecular weight is 316 g/mol. The Bertz CT molecular complexity index is 588. The van der Waals surface area contributed by atoms with Crippen molar-refractivity contribution in [1.29, 1.82) is 0 Å². The Kier molecular flexibility index (Phi) is 4.16. The van der Waals surface area contributed by atoms with E-state index in [0.717, 1.165) is 6.42 Å². The molecule has 1 heterocycles. The Balaban J connectivity index is 1.74. The van der Waals surface area contributed by atoms with E-state index in [1.54, 1.807) is 0 Å². The van der Waals surface area contributed by atoms with Gasteiger partial charge in [-0.3, -0.25) is 0 Å². The van der Waals surface area contributed by atoms with Crippen molar-refractivity contribution < 1.29 is 14.2 Å². The van der Waals surface area contributed by atoms with Crippen LogP contribution in [0.25, 0.3) is 0 Å². The van der Waals surface area contributed by atoms with Gasteiger partial charge in [-0.1, -0.05) is 55.8 Å². The molecular formula is C20H28O3. The number of allylic oxidation sites excluding steroid dienone is 1. The van der Waals surface area contributed by atoms with E-state index in [1.165, 1.54) is 11.1 Å². The van der Waals surface area contributed by atoms with Crippen LogP contribution in [0.5, 0.6) is 0 Å². The third-order valence-electron chi connectivity index (χ3n) is 4.94. The lowest BCUT2D eigenvalue weighted by molar-refractivity contribution is -0.170. The van der Waals surface area contributed by atoms with Gasteiger partial charge >= 0.3 is 0 Å². The molecule has 1 aromatic carbocycles. The molecule has 23 heavy (non-hydrogen) atoms. The fraction of sp³-hybridized carbons (Fsp3) is 0.600. The zero-order chi connectivity index (χ0) is 16.7. The zero-order valence-corrected chi connectivity index (χ0v) is 14.9. The molecule has 0 radical (unpaired) electrons. The maximum Gasteiger partial charge on any atom is 0.164 e. The van der Waals surface area contributed by atoms with Gasteiger partial charge in [0.15, 0.2) is 5.79 Å². The van der Waals surface area contributed by atoms with Crippen LogP contribution in [-0.2, 0) is 20.8 Å². The molecule has 0 aromatic heterocycles. The van der Waals surface area contributed by atoms with Gasteiger partial charge in [0.2, 0.25) is 0 Å². The van der Waals surface area contributed by atoms with Crippen LogP contribution >= 0.6 is 0 Å². The summed E-state index contributed by atoms with van der Waals surface area (Å²) in [4.78, 5) is 0. The number of rotatable bonds is 4. The van der Waals surface area contributed by atoms with Crippen molar-refractivity contribution in [1.82, 2.24) is 0 Å². The first-order valence-electron chi connectivity index (χ1n) is 8.42. The van der Waals surface area contributed by atoms with Crippen molar-refractivity contribution in [2.24, 2.45) is 5.41 Å². The lowest BCUT2D eigenvalue weighted by atomic mass is 9.74. The summed E-state index contributed by atoms with van der Waals surface area (Å²) in [6.07, 6.45) is 3.20. The lowest BCUT2D eigenvalue weighted by Gasteiger charge is -2.40. The van der Waals surface area contributed by atoms with Crippen LogP contribution in [0, 0.1) is 5.41 Å². The van der Waals surface area contributed by atoms with Gasteiger partial charge in [-0.2, -0.15) is 0 Å². The first kappa shape index (κ1) is 16.7. The summed E-state index contributed by atoms with van der Waals surface area (Å²) in [6.45, 7) is 11.8. The summed E-state index contributed by atoms with van der Waals surface area (Å²) < 4.78 is 18.6. The third kappa shape index (κ3) is 3.10. The highest BCUT2D eigenvalue weighted by Crippen LogP contribution is 2.55. The van der Waals surface area contributed by atoms with Crippen molar-refractivity contribution in [3.8, 4) is 0 Å². The van der Waals surface area contributed by atoms with Crippen LogP contribution in [0.2, 0.25) is 0 Å². The third-order valence-corrected chi connectivity index (χ3v) is 4.94. The predicted molar refractivity (Wildman–Crippen MR) is 91.0 cm³/mol. The van der Waals surface area contributed by atoms with Crippen LogP contribution in [0.1, 0.15) is 46.6 Å². The molecule has 2 aliphatic rings. The minimum atomic E-state index is -0.584. The second-order valence-electron chi connectivity index (χ2n) is 7.95. The summed E-state index contributed by atoms with van der Waals surface area (Å²) in [5.41, 5.74) is 2.14. The van der Waals surface area contributed by atoms with Crippen LogP contribution in [0.3, 0.4) is 0 Å². The quantitative estimate of drug-likeness (QED) is 0.767. The summed E-state index contributed by atoms with van der Waals surface area (Å²) in [7, 11) is 0. The summed E-state index contributed by atoms with van der Waals surface area (Å²) in [5, 5.41) is 0. The molecule has 0 saturated carbocycles. The fourth-order valence-corrected chi connectivity index (χ4v) is 4.09. The molecule has 0 N–H and O–H groups in total. The maximum absolute atomic E-state index is 6.42. The molecule has 1 aromatic rings. The standard InChI is InChI=1S/C20H28O3/c1-15-11-18(2,3)20(12-15)17(22-19(4,5)23-20)14-21-13-16-9-7-6-8-10-16/h6-10,12,17H,11,13-14H2,1-5H3/t17-,20+/m0/s1. The number of hydrogen-bond donors (Lipinski definition) is 0. The topological polar surface area (TPSA) is 27.7 Å². The first-order valence-corrected chi connectivity index (χ1v) is 8.42. The molecule has 3 heteroatoms. The van der Waals surface area contributed by atoms with Crippen molar-refractivity contribution in [2.75, 3.05) is 6.61 Å². The molecule has 1 fully saturated rings. The Morgan fingerprint density at radius 3 is 2.43 bits per heavy atom. The Morgan fingerprint density at radius 2 is 1.83 bits per heavy atom. The second kappa shape index (κ2) is 5.73. The molecule has 1 aliphatic carbocycles. The molecule has 126 valence electrons. The minimum absolute atomic E-state index is 0.00558. The molecule has 0 amide bonds. The van der Waals surface area contributed by atoms with E-state index in [9.17, 15) is 0 Å². The van der Waals surface area contributed by atoms with Gasteiger partial charge in [-0.15, -0.1) is 0 Å². The molecule has 1 spiro atoms. The van der Waals surface area contributed by atoms with Gasteiger partial charge in [0.25, 0.3) is 0 Å². The predicted octanol–water partition coefficient (Wildman–Crippen LogP) is 4.47. The van der Waals surface area contributed by atoms with Gasteiger partial charge < -0.3 is 14.2 Å². The summed E-state index contributed by atoms with van der Waals surface area (Å²) in [5.74, 6) is -0.584. The molecular weight excluding hydrogens is 288 g/mol. The van der Waals surface area contributed by atoms with Crippen molar-refractivity contribution in [2.45, 2.75) is 65.1 Å². The molecule has 3 rings (SSSR count). The maximum atomic E-state index is 6.42. The van der Waals surface area contributed by atoms with Gasteiger partial charge in [0, 0.05) is 5.41 Å².